The van der Waals surface area contributed by atoms with Crippen LogP contribution in [0.3, 0.4) is 0 Å². The van der Waals surface area contributed by atoms with Gasteiger partial charge in [-0.15, -0.1) is 0 Å². The molecule has 0 aliphatic heterocycles. The summed E-state index contributed by atoms with van der Waals surface area (Å²) in [4.78, 5) is 14.5. The van der Waals surface area contributed by atoms with Crippen LogP contribution in [0.2, 0.25) is 0 Å². The minimum absolute atomic E-state index is 0.117. The average Bonchev–Trinajstić information content (AvgIpc) is 2.55. The van der Waals surface area contributed by atoms with Gasteiger partial charge in [-0.3, -0.25) is 4.79 Å². The Balaban J connectivity index is 2.09. The minimum atomic E-state index is -0.117. The Morgan fingerprint density at radius 2 is 1.79 bits per heavy atom. The number of rotatable bonds is 3. The van der Waals surface area contributed by atoms with Gasteiger partial charge in [-0.1, -0.05) is 19.9 Å². The van der Waals surface area contributed by atoms with Crippen LogP contribution in [0.1, 0.15) is 37.8 Å². The fourth-order valence-electron chi connectivity index (χ4n) is 3.12. The van der Waals surface area contributed by atoms with Gasteiger partial charge in [-0.25, -0.2) is 0 Å². The van der Waals surface area contributed by atoms with Gasteiger partial charge in [-0.2, -0.15) is 0 Å². The van der Waals surface area contributed by atoms with Crippen molar-refractivity contribution in [3.05, 3.63) is 29.3 Å². The van der Waals surface area contributed by atoms with E-state index >= 15 is 0 Å². The standard InChI is InChI=1S/C17H25NO/c1-12-8-13(2)10-15(9-12)18(5)11-14-6-7-17(3,4)16(14)19/h8-10,14H,6-7,11H2,1-5H3. The van der Waals surface area contributed by atoms with E-state index < -0.39 is 0 Å². The number of hydrogen-bond donors (Lipinski definition) is 0. The number of anilines is 1. The summed E-state index contributed by atoms with van der Waals surface area (Å²) in [5, 5.41) is 0. The van der Waals surface area contributed by atoms with Gasteiger partial charge in [0.15, 0.2) is 0 Å². The molecule has 1 saturated carbocycles. The van der Waals surface area contributed by atoms with Gasteiger partial charge in [0, 0.05) is 30.6 Å². The van der Waals surface area contributed by atoms with Gasteiger partial charge in [0.25, 0.3) is 0 Å². The van der Waals surface area contributed by atoms with Crippen molar-refractivity contribution in [3.63, 3.8) is 0 Å². The molecule has 1 aliphatic rings. The zero-order valence-corrected chi connectivity index (χ0v) is 12.8. The highest BCUT2D eigenvalue weighted by Gasteiger charge is 2.40. The number of benzene rings is 1. The average molecular weight is 259 g/mol. The van der Waals surface area contributed by atoms with Crippen LogP contribution < -0.4 is 4.90 Å². The molecular weight excluding hydrogens is 234 g/mol. The Morgan fingerprint density at radius 1 is 1.21 bits per heavy atom. The highest BCUT2D eigenvalue weighted by Crippen LogP contribution is 2.38. The summed E-state index contributed by atoms with van der Waals surface area (Å²) in [5.74, 6) is 0.629. The van der Waals surface area contributed by atoms with Gasteiger partial charge < -0.3 is 4.90 Å². The molecule has 19 heavy (non-hydrogen) atoms. The second kappa shape index (κ2) is 4.99. The molecule has 0 spiro atoms. The van der Waals surface area contributed by atoms with Crippen LogP contribution in [0.4, 0.5) is 5.69 Å². The lowest BCUT2D eigenvalue weighted by molar-refractivity contribution is -0.127. The Hall–Kier alpha value is -1.31. The van der Waals surface area contributed by atoms with Gasteiger partial charge in [0.05, 0.1) is 0 Å². The van der Waals surface area contributed by atoms with Gasteiger partial charge in [-0.05, 0) is 49.9 Å². The molecule has 1 aromatic rings. The molecule has 0 N–H and O–H groups in total. The Morgan fingerprint density at radius 3 is 2.26 bits per heavy atom. The normalized spacial score (nSPS) is 21.7. The van der Waals surface area contributed by atoms with E-state index in [1.165, 1.54) is 16.8 Å². The molecule has 104 valence electrons. The number of carbonyl (C=O) groups is 1. The largest absolute Gasteiger partial charge is 0.374 e. The smallest absolute Gasteiger partial charge is 0.143 e. The van der Waals surface area contributed by atoms with Gasteiger partial charge in [0.2, 0.25) is 0 Å². The van der Waals surface area contributed by atoms with E-state index in [1.807, 2.05) is 0 Å². The van der Waals surface area contributed by atoms with Crippen molar-refractivity contribution in [1.82, 2.24) is 0 Å². The highest BCUT2D eigenvalue weighted by atomic mass is 16.1. The monoisotopic (exact) mass is 259 g/mol. The molecule has 0 aromatic heterocycles. The molecule has 0 amide bonds. The van der Waals surface area contributed by atoms with Crippen LogP contribution in [-0.4, -0.2) is 19.4 Å². The zero-order chi connectivity index (χ0) is 14.2. The SMILES string of the molecule is Cc1cc(C)cc(N(C)CC2CCC(C)(C)C2=O)c1. The minimum Gasteiger partial charge on any atom is -0.374 e. The van der Waals surface area contributed by atoms with Crippen molar-refractivity contribution < 1.29 is 4.79 Å². The maximum atomic E-state index is 12.3. The van der Waals surface area contributed by atoms with Crippen molar-refractivity contribution in [3.8, 4) is 0 Å². The summed E-state index contributed by atoms with van der Waals surface area (Å²) >= 11 is 0. The van der Waals surface area contributed by atoms with Crippen LogP contribution in [0, 0.1) is 25.2 Å². The fourth-order valence-corrected chi connectivity index (χ4v) is 3.12. The quantitative estimate of drug-likeness (QED) is 0.824. The van der Waals surface area contributed by atoms with Crippen molar-refractivity contribution >= 4 is 11.5 Å². The van der Waals surface area contributed by atoms with Crippen molar-refractivity contribution in [2.24, 2.45) is 11.3 Å². The van der Waals surface area contributed by atoms with E-state index in [9.17, 15) is 4.79 Å². The van der Waals surface area contributed by atoms with E-state index in [2.05, 4.69) is 57.8 Å². The topological polar surface area (TPSA) is 20.3 Å². The molecule has 2 heteroatoms. The molecule has 1 atom stereocenters. The summed E-state index contributed by atoms with van der Waals surface area (Å²) in [7, 11) is 2.09. The third-order valence-corrected chi connectivity index (χ3v) is 4.30. The van der Waals surface area contributed by atoms with E-state index in [-0.39, 0.29) is 11.3 Å². The zero-order valence-electron chi connectivity index (χ0n) is 12.8. The molecule has 2 rings (SSSR count). The van der Waals surface area contributed by atoms with E-state index in [4.69, 9.17) is 0 Å². The first kappa shape index (κ1) is 14.1. The Kier molecular flexibility index (Phi) is 3.71. The number of ketones is 1. The molecule has 1 aromatic carbocycles. The van der Waals surface area contributed by atoms with Crippen LogP contribution >= 0.6 is 0 Å². The van der Waals surface area contributed by atoms with E-state index in [0.717, 1.165) is 19.4 Å². The van der Waals surface area contributed by atoms with Crippen LogP contribution in [-0.2, 0) is 4.79 Å². The second-order valence-corrected chi connectivity index (χ2v) is 6.71. The first-order valence-corrected chi connectivity index (χ1v) is 7.13. The molecule has 0 radical (unpaired) electrons. The van der Waals surface area contributed by atoms with Gasteiger partial charge >= 0.3 is 0 Å². The second-order valence-electron chi connectivity index (χ2n) is 6.71. The van der Waals surface area contributed by atoms with Crippen molar-refractivity contribution in [2.75, 3.05) is 18.5 Å². The third kappa shape index (κ3) is 2.99. The molecule has 2 nitrogen and oxygen atoms in total. The van der Waals surface area contributed by atoms with Gasteiger partial charge in [0.1, 0.15) is 5.78 Å². The third-order valence-electron chi connectivity index (χ3n) is 4.30. The Bertz CT molecular complexity index is 470. The molecule has 1 fully saturated rings. The lowest BCUT2D eigenvalue weighted by Crippen LogP contribution is -2.31. The van der Waals surface area contributed by atoms with Crippen LogP contribution in [0.25, 0.3) is 0 Å². The van der Waals surface area contributed by atoms with Crippen molar-refractivity contribution in [2.45, 2.75) is 40.5 Å². The summed E-state index contributed by atoms with van der Waals surface area (Å²) < 4.78 is 0. The number of Topliss-reactive ketones (excluding diaryl/α,β-unsaturated/α-hetero) is 1. The molecule has 0 bridgehead atoms. The molecular formula is C17H25NO. The number of hydrogen-bond acceptors (Lipinski definition) is 2. The highest BCUT2D eigenvalue weighted by molar-refractivity contribution is 5.88. The van der Waals surface area contributed by atoms with E-state index in [0.29, 0.717) is 5.78 Å². The number of aryl methyl sites for hydroxylation is 2. The Labute approximate surface area is 116 Å². The predicted octanol–water partition coefficient (Wildman–Crippen LogP) is 3.74. The first-order chi connectivity index (χ1) is 8.79. The molecule has 1 unspecified atom stereocenters. The van der Waals surface area contributed by atoms with Crippen LogP contribution in [0.15, 0.2) is 18.2 Å². The summed E-state index contributed by atoms with van der Waals surface area (Å²) in [6.07, 6.45) is 2.05. The summed E-state index contributed by atoms with van der Waals surface area (Å²) in [6, 6.07) is 6.57. The lowest BCUT2D eigenvalue weighted by atomic mass is 9.89. The number of nitrogens with zero attached hydrogens (tertiary/aromatic N) is 1. The molecule has 1 aliphatic carbocycles. The summed E-state index contributed by atoms with van der Waals surface area (Å²) in [5.41, 5.74) is 3.66. The van der Waals surface area contributed by atoms with Crippen molar-refractivity contribution in [1.29, 1.82) is 0 Å². The lowest BCUT2D eigenvalue weighted by Gasteiger charge is -2.24. The predicted molar refractivity (Wildman–Crippen MR) is 80.7 cm³/mol. The number of carbonyl (C=O) groups excluding carboxylic acids is 1. The summed E-state index contributed by atoms with van der Waals surface area (Å²) in [6.45, 7) is 9.23. The fraction of sp³-hybridized carbons (Fsp3) is 0.588. The maximum absolute atomic E-state index is 12.3. The first-order valence-electron chi connectivity index (χ1n) is 7.13. The maximum Gasteiger partial charge on any atom is 0.143 e. The van der Waals surface area contributed by atoms with Crippen LogP contribution in [0.5, 0.6) is 0 Å². The molecule has 0 saturated heterocycles. The molecule has 0 heterocycles. The van der Waals surface area contributed by atoms with E-state index in [1.54, 1.807) is 0 Å².